The topological polar surface area (TPSA) is 0 Å². The van der Waals surface area contributed by atoms with Crippen molar-refractivity contribution in [1.29, 1.82) is 0 Å². The van der Waals surface area contributed by atoms with E-state index in [1.807, 2.05) is 0 Å². The van der Waals surface area contributed by atoms with Crippen molar-refractivity contribution in [2.75, 3.05) is 0 Å². The predicted octanol–water partition coefficient (Wildman–Crippen LogP) is 2.54. The monoisotopic (exact) mass is 136 g/mol. The Labute approximate surface area is 63.0 Å². The zero-order valence-corrected chi connectivity index (χ0v) is 6.88. The Morgan fingerprint density at radius 3 is 2.30 bits per heavy atom. The van der Waals surface area contributed by atoms with Crippen molar-refractivity contribution >= 4 is 0 Å². The molecule has 56 valence electrons. The number of hydrogen-bond acceptors (Lipinski definition) is 0. The van der Waals surface area contributed by atoms with Crippen molar-refractivity contribution in [3.63, 3.8) is 0 Å². The van der Waals surface area contributed by atoms with Gasteiger partial charge in [0, 0.05) is 0 Å². The Bertz CT molecular complexity index is 173. The standard InChI is InChI=1S/C10H16/c1-5-6(2)10-8(5)3-7-4-9(7)10/h5-10H,3-4H2,1-2H3. The first-order valence-corrected chi connectivity index (χ1v) is 4.79. The Kier molecular flexibility index (Phi) is 0.810. The molecule has 0 saturated heterocycles. The summed E-state index contributed by atoms with van der Waals surface area (Å²) in [5.74, 6) is 6.89. The van der Waals surface area contributed by atoms with Crippen LogP contribution >= 0.6 is 0 Å². The van der Waals surface area contributed by atoms with E-state index in [0.717, 1.165) is 11.8 Å². The molecule has 6 unspecified atom stereocenters. The van der Waals surface area contributed by atoms with Gasteiger partial charge in [0.15, 0.2) is 0 Å². The third kappa shape index (κ3) is 0.436. The van der Waals surface area contributed by atoms with E-state index in [9.17, 15) is 0 Å². The van der Waals surface area contributed by atoms with Gasteiger partial charge in [-0.05, 0) is 48.3 Å². The number of fused-ring (bicyclic) bond motifs is 3. The molecule has 3 fully saturated rings. The average molecular weight is 136 g/mol. The highest BCUT2D eigenvalue weighted by atomic mass is 14.7. The highest BCUT2D eigenvalue weighted by molar-refractivity contribution is 5.10. The molecule has 3 aliphatic rings. The summed E-state index contributed by atoms with van der Waals surface area (Å²) >= 11 is 0. The fourth-order valence-corrected chi connectivity index (χ4v) is 3.78. The van der Waals surface area contributed by atoms with Crippen LogP contribution in [0.15, 0.2) is 0 Å². The summed E-state index contributed by atoms with van der Waals surface area (Å²) in [7, 11) is 0. The molecule has 0 aromatic heterocycles. The summed E-state index contributed by atoms with van der Waals surface area (Å²) in [6.07, 6.45) is 3.19. The number of rotatable bonds is 0. The average Bonchev–Trinajstić information content (AvgIpc) is 2.62. The Balaban J connectivity index is 1.86. The second kappa shape index (κ2) is 1.44. The van der Waals surface area contributed by atoms with Crippen LogP contribution in [0.4, 0.5) is 0 Å². The Morgan fingerprint density at radius 2 is 1.60 bits per heavy atom. The minimum Gasteiger partial charge on any atom is -0.0620 e. The Morgan fingerprint density at radius 1 is 0.900 bits per heavy atom. The summed E-state index contributed by atoms with van der Waals surface area (Å²) < 4.78 is 0. The lowest BCUT2D eigenvalue weighted by molar-refractivity contribution is 0.00825. The van der Waals surface area contributed by atoms with E-state index in [4.69, 9.17) is 0 Å². The zero-order valence-electron chi connectivity index (χ0n) is 6.88. The molecule has 0 aliphatic heterocycles. The van der Waals surface area contributed by atoms with Gasteiger partial charge in [-0.25, -0.2) is 0 Å². The molecule has 0 heterocycles. The number of hydrogen-bond donors (Lipinski definition) is 0. The molecular weight excluding hydrogens is 120 g/mol. The van der Waals surface area contributed by atoms with Crippen molar-refractivity contribution in [3.05, 3.63) is 0 Å². The molecule has 0 spiro atoms. The van der Waals surface area contributed by atoms with E-state index < -0.39 is 0 Å². The third-order valence-electron chi connectivity index (χ3n) is 4.65. The minimum atomic E-state index is 1.07. The molecule has 3 rings (SSSR count). The van der Waals surface area contributed by atoms with E-state index >= 15 is 0 Å². The van der Waals surface area contributed by atoms with Crippen molar-refractivity contribution in [3.8, 4) is 0 Å². The summed E-state index contributed by atoms with van der Waals surface area (Å²) in [5, 5.41) is 0. The lowest BCUT2D eigenvalue weighted by atomic mass is 9.58. The largest absolute Gasteiger partial charge is 0.0620 e. The van der Waals surface area contributed by atoms with Crippen molar-refractivity contribution in [1.82, 2.24) is 0 Å². The molecule has 3 aliphatic carbocycles. The van der Waals surface area contributed by atoms with Crippen LogP contribution in [0.1, 0.15) is 26.7 Å². The van der Waals surface area contributed by atoms with E-state index in [2.05, 4.69) is 13.8 Å². The minimum absolute atomic E-state index is 1.07. The lowest BCUT2D eigenvalue weighted by Gasteiger charge is -2.47. The quantitative estimate of drug-likeness (QED) is 0.480. The first kappa shape index (κ1) is 5.62. The van der Waals surface area contributed by atoms with Gasteiger partial charge in [0.05, 0.1) is 0 Å². The molecule has 0 bridgehead atoms. The van der Waals surface area contributed by atoms with Crippen LogP contribution in [0, 0.1) is 35.5 Å². The molecule has 0 radical (unpaired) electrons. The summed E-state index contributed by atoms with van der Waals surface area (Å²) in [6, 6.07) is 0. The maximum atomic E-state index is 2.46. The van der Waals surface area contributed by atoms with Crippen LogP contribution in [-0.4, -0.2) is 0 Å². The molecule has 0 N–H and O–H groups in total. The summed E-state index contributed by atoms with van der Waals surface area (Å²) in [6.45, 7) is 4.92. The first-order chi connectivity index (χ1) is 4.79. The van der Waals surface area contributed by atoms with E-state index in [1.165, 1.54) is 23.7 Å². The van der Waals surface area contributed by atoms with Crippen molar-refractivity contribution in [2.24, 2.45) is 35.5 Å². The molecule has 10 heavy (non-hydrogen) atoms. The Hall–Kier alpha value is 0. The van der Waals surface area contributed by atoms with Gasteiger partial charge in [-0.3, -0.25) is 0 Å². The molecule has 0 heteroatoms. The fraction of sp³-hybridized carbons (Fsp3) is 1.00. The van der Waals surface area contributed by atoms with E-state index in [-0.39, 0.29) is 0 Å². The molecule has 3 saturated carbocycles. The van der Waals surface area contributed by atoms with Crippen molar-refractivity contribution < 1.29 is 0 Å². The van der Waals surface area contributed by atoms with Crippen LogP contribution in [0.2, 0.25) is 0 Å². The highest BCUT2D eigenvalue weighted by Crippen LogP contribution is 2.69. The fourth-order valence-electron chi connectivity index (χ4n) is 3.78. The second-order valence-electron chi connectivity index (χ2n) is 4.85. The maximum absolute atomic E-state index is 2.46. The van der Waals surface area contributed by atoms with E-state index in [1.54, 1.807) is 12.8 Å². The molecule has 0 amide bonds. The smallest absolute Gasteiger partial charge is 0.0323 e. The molecule has 6 atom stereocenters. The van der Waals surface area contributed by atoms with Gasteiger partial charge in [0.1, 0.15) is 0 Å². The summed E-state index contributed by atoms with van der Waals surface area (Å²) in [4.78, 5) is 0. The van der Waals surface area contributed by atoms with Gasteiger partial charge in [-0.15, -0.1) is 0 Å². The highest BCUT2D eigenvalue weighted by Gasteiger charge is 2.62. The van der Waals surface area contributed by atoms with Gasteiger partial charge in [0.25, 0.3) is 0 Å². The molecular formula is C10H16. The third-order valence-corrected chi connectivity index (χ3v) is 4.65. The van der Waals surface area contributed by atoms with Crippen LogP contribution in [0.3, 0.4) is 0 Å². The molecule has 0 nitrogen and oxygen atoms in total. The van der Waals surface area contributed by atoms with Gasteiger partial charge >= 0.3 is 0 Å². The van der Waals surface area contributed by atoms with E-state index in [0.29, 0.717) is 0 Å². The SMILES string of the molecule is CC1C(C)C2C3CC3CC12. The maximum Gasteiger partial charge on any atom is -0.0323 e. The first-order valence-electron chi connectivity index (χ1n) is 4.79. The van der Waals surface area contributed by atoms with Gasteiger partial charge in [-0.2, -0.15) is 0 Å². The lowest BCUT2D eigenvalue weighted by Crippen LogP contribution is -2.42. The van der Waals surface area contributed by atoms with Gasteiger partial charge in [0.2, 0.25) is 0 Å². The van der Waals surface area contributed by atoms with Gasteiger partial charge in [-0.1, -0.05) is 13.8 Å². The van der Waals surface area contributed by atoms with Crippen LogP contribution < -0.4 is 0 Å². The van der Waals surface area contributed by atoms with Crippen molar-refractivity contribution in [2.45, 2.75) is 26.7 Å². The summed E-state index contributed by atoms with van der Waals surface area (Å²) in [5.41, 5.74) is 0. The molecule has 0 aromatic rings. The molecule has 0 aromatic carbocycles. The van der Waals surface area contributed by atoms with Crippen LogP contribution in [0.5, 0.6) is 0 Å². The van der Waals surface area contributed by atoms with Crippen LogP contribution in [0.25, 0.3) is 0 Å². The second-order valence-corrected chi connectivity index (χ2v) is 4.85. The van der Waals surface area contributed by atoms with Gasteiger partial charge < -0.3 is 0 Å². The zero-order chi connectivity index (χ0) is 6.88. The normalized spacial score (nSPS) is 70.2. The predicted molar refractivity (Wildman–Crippen MR) is 41.5 cm³/mol. The van der Waals surface area contributed by atoms with Crippen LogP contribution in [-0.2, 0) is 0 Å².